The molecule has 1 aliphatic rings. The van der Waals surface area contributed by atoms with E-state index in [4.69, 9.17) is 5.73 Å². The van der Waals surface area contributed by atoms with E-state index in [9.17, 15) is 0 Å². The van der Waals surface area contributed by atoms with Gasteiger partial charge in [0.1, 0.15) is 4.99 Å². The topological polar surface area (TPSA) is 38.0 Å². The molecule has 0 radical (unpaired) electrons. The molecule has 3 heteroatoms. The van der Waals surface area contributed by atoms with Gasteiger partial charge in [0, 0.05) is 11.1 Å². The van der Waals surface area contributed by atoms with Gasteiger partial charge in [0.2, 0.25) is 0 Å². The normalized spacial score (nSPS) is 31.5. The van der Waals surface area contributed by atoms with Crippen LogP contribution in [0, 0.1) is 5.41 Å². The fraction of sp³-hybridized carbons (Fsp3) is 0.750. The number of thioether (sulfide) groups is 1. The molecular formula is C8H16N2S. The molecule has 2 nitrogen and oxygen atoms in total. The van der Waals surface area contributed by atoms with Crippen LogP contribution in [0.1, 0.15) is 27.7 Å². The Morgan fingerprint density at radius 1 is 1.55 bits per heavy atom. The lowest BCUT2D eigenvalue weighted by Gasteiger charge is -2.22. The lowest BCUT2D eigenvalue weighted by atomic mass is 9.97. The minimum Gasteiger partial charge on any atom is -0.364 e. The van der Waals surface area contributed by atoms with Crippen molar-refractivity contribution in [2.45, 2.75) is 32.7 Å². The highest BCUT2D eigenvalue weighted by Crippen LogP contribution is 2.41. The zero-order valence-corrected chi connectivity index (χ0v) is 8.38. The summed E-state index contributed by atoms with van der Waals surface area (Å²) in [5, 5.41) is 3.13. The minimum atomic E-state index is -0.303. The Hall–Kier alpha value is -0.150. The monoisotopic (exact) mass is 172 g/mol. The smallest absolute Gasteiger partial charge is 0.135 e. The van der Waals surface area contributed by atoms with Crippen molar-refractivity contribution in [3.05, 3.63) is 11.1 Å². The molecule has 1 unspecified atom stereocenters. The maximum absolute atomic E-state index is 5.86. The molecule has 0 amide bonds. The quantitative estimate of drug-likeness (QED) is 0.585. The van der Waals surface area contributed by atoms with Crippen LogP contribution in [0.2, 0.25) is 0 Å². The van der Waals surface area contributed by atoms with Crippen molar-refractivity contribution in [3.63, 3.8) is 0 Å². The summed E-state index contributed by atoms with van der Waals surface area (Å²) in [6.45, 7) is 8.55. The van der Waals surface area contributed by atoms with Gasteiger partial charge in [0.15, 0.2) is 0 Å². The zero-order valence-electron chi connectivity index (χ0n) is 7.56. The van der Waals surface area contributed by atoms with E-state index in [1.165, 1.54) is 4.91 Å². The third-order valence-electron chi connectivity index (χ3n) is 1.55. The average Bonchev–Trinajstić information content (AvgIpc) is 2.07. The van der Waals surface area contributed by atoms with E-state index in [1.807, 2.05) is 13.1 Å². The van der Waals surface area contributed by atoms with Gasteiger partial charge in [-0.3, -0.25) is 0 Å². The molecule has 64 valence electrons. The third-order valence-corrected chi connectivity index (χ3v) is 3.04. The molecule has 0 saturated heterocycles. The second kappa shape index (κ2) is 2.42. The summed E-state index contributed by atoms with van der Waals surface area (Å²) in [4.78, 5) is 1.02. The van der Waals surface area contributed by atoms with Crippen LogP contribution in [0.4, 0.5) is 0 Å². The number of hydrogen-bond acceptors (Lipinski definition) is 3. The largest absolute Gasteiger partial charge is 0.364 e. The van der Waals surface area contributed by atoms with Crippen LogP contribution in [0.3, 0.4) is 0 Å². The predicted molar refractivity (Wildman–Crippen MR) is 50.9 cm³/mol. The maximum atomic E-state index is 5.86. The number of nitrogens with two attached hydrogens (primary N) is 1. The van der Waals surface area contributed by atoms with E-state index in [0.29, 0.717) is 0 Å². The molecule has 1 heterocycles. The van der Waals surface area contributed by atoms with Crippen LogP contribution in [-0.4, -0.2) is 4.99 Å². The molecule has 0 fully saturated rings. The van der Waals surface area contributed by atoms with Gasteiger partial charge in [-0.15, -0.1) is 0 Å². The van der Waals surface area contributed by atoms with Gasteiger partial charge < -0.3 is 11.1 Å². The van der Waals surface area contributed by atoms with Crippen LogP contribution in [-0.2, 0) is 0 Å². The van der Waals surface area contributed by atoms with E-state index in [1.54, 1.807) is 11.8 Å². The summed E-state index contributed by atoms with van der Waals surface area (Å²) in [5.74, 6) is 0. The Bertz CT molecular complexity index is 189. The number of allylic oxidation sites excluding steroid dienone is 1. The van der Waals surface area contributed by atoms with Crippen molar-refractivity contribution >= 4 is 11.8 Å². The Morgan fingerprint density at radius 3 is 2.27 bits per heavy atom. The van der Waals surface area contributed by atoms with Gasteiger partial charge in [0.05, 0.1) is 0 Å². The zero-order chi connectivity index (χ0) is 8.70. The number of rotatable bonds is 0. The van der Waals surface area contributed by atoms with Crippen LogP contribution < -0.4 is 11.1 Å². The molecule has 0 spiro atoms. The third kappa shape index (κ3) is 2.14. The van der Waals surface area contributed by atoms with Gasteiger partial charge in [0.25, 0.3) is 0 Å². The van der Waals surface area contributed by atoms with E-state index in [0.717, 1.165) is 0 Å². The molecule has 0 aliphatic carbocycles. The van der Waals surface area contributed by atoms with E-state index < -0.39 is 0 Å². The highest BCUT2D eigenvalue weighted by Gasteiger charge is 2.31. The number of nitrogens with one attached hydrogen (secondary N) is 1. The Kier molecular flexibility index (Phi) is 1.97. The Morgan fingerprint density at radius 2 is 2.09 bits per heavy atom. The SMILES string of the molecule is CC1(N)NC=C(C(C)(C)C)S1. The molecule has 0 saturated carbocycles. The summed E-state index contributed by atoms with van der Waals surface area (Å²) in [5.41, 5.74) is 6.08. The fourth-order valence-corrected chi connectivity index (χ4v) is 1.86. The highest BCUT2D eigenvalue weighted by molar-refractivity contribution is 8.04. The molecular weight excluding hydrogens is 156 g/mol. The Labute approximate surface area is 72.6 Å². The first-order valence-electron chi connectivity index (χ1n) is 3.77. The fourth-order valence-electron chi connectivity index (χ4n) is 0.866. The summed E-state index contributed by atoms with van der Waals surface area (Å²) in [6, 6.07) is 0. The number of hydrogen-bond donors (Lipinski definition) is 2. The predicted octanol–water partition coefficient (Wildman–Crippen LogP) is 1.84. The van der Waals surface area contributed by atoms with E-state index in [-0.39, 0.29) is 10.4 Å². The second-order valence-corrected chi connectivity index (χ2v) is 5.60. The van der Waals surface area contributed by atoms with Crippen LogP contribution in [0.25, 0.3) is 0 Å². The highest BCUT2D eigenvalue weighted by atomic mass is 32.2. The first kappa shape index (κ1) is 8.94. The molecule has 0 aromatic carbocycles. The molecule has 0 aromatic rings. The van der Waals surface area contributed by atoms with Gasteiger partial charge in [-0.05, 0) is 12.3 Å². The van der Waals surface area contributed by atoms with Gasteiger partial charge in [-0.25, -0.2) is 0 Å². The van der Waals surface area contributed by atoms with Gasteiger partial charge >= 0.3 is 0 Å². The molecule has 0 bridgehead atoms. The molecule has 0 aromatic heterocycles. The first-order valence-corrected chi connectivity index (χ1v) is 4.59. The van der Waals surface area contributed by atoms with Crippen molar-refractivity contribution in [2.75, 3.05) is 0 Å². The van der Waals surface area contributed by atoms with Crippen molar-refractivity contribution in [1.82, 2.24) is 5.32 Å². The molecule has 11 heavy (non-hydrogen) atoms. The summed E-state index contributed by atoms with van der Waals surface area (Å²) in [6.07, 6.45) is 2.02. The maximum Gasteiger partial charge on any atom is 0.135 e. The molecule has 1 atom stereocenters. The van der Waals surface area contributed by atoms with Crippen molar-refractivity contribution in [1.29, 1.82) is 0 Å². The molecule has 1 aliphatic heterocycles. The van der Waals surface area contributed by atoms with Crippen LogP contribution in [0.5, 0.6) is 0 Å². The molecule has 1 rings (SSSR count). The standard InChI is InChI=1S/C8H16N2S/c1-7(2,3)6-5-10-8(4,9)11-6/h5,10H,9H2,1-4H3. The summed E-state index contributed by atoms with van der Waals surface area (Å²) >= 11 is 1.70. The lowest BCUT2D eigenvalue weighted by molar-refractivity contribution is 0.532. The minimum absolute atomic E-state index is 0.217. The Balaban J connectivity index is 2.68. The van der Waals surface area contributed by atoms with Crippen molar-refractivity contribution in [2.24, 2.45) is 11.1 Å². The van der Waals surface area contributed by atoms with Crippen molar-refractivity contribution < 1.29 is 0 Å². The summed E-state index contributed by atoms with van der Waals surface area (Å²) < 4.78 is 0. The molecule has 3 N–H and O–H groups in total. The first-order chi connectivity index (χ1) is 4.81. The van der Waals surface area contributed by atoms with E-state index in [2.05, 4.69) is 26.1 Å². The lowest BCUT2D eigenvalue weighted by Crippen LogP contribution is -2.41. The van der Waals surface area contributed by atoms with Gasteiger partial charge in [-0.2, -0.15) is 0 Å². The summed E-state index contributed by atoms with van der Waals surface area (Å²) in [7, 11) is 0. The van der Waals surface area contributed by atoms with Crippen molar-refractivity contribution in [3.8, 4) is 0 Å². The second-order valence-electron chi connectivity index (χ2n) is 4.11. The average molecular weight is 172 g/mol. The van der Waals surface area contributed by atoms with E-state index >= 15 is 0 Å². The van der Waals surface area contributed by atoms with Gasteiger partial charge in [-0.1, -0.05) is 32.5 Å². The van der Waals surface area contributed by atoms with Crippen LogP contribution >= 0.6 is 11.8 Å². The van der Waals surface area contributed by atoms with Crippen LogP contribution in [0.15, 0.2) is 11.1 Å².